The molecule has 3 N–H and O–H groups in total. The quantitative estimate of drug-likeness (QED) is 0.460. The van der Waals surface area contributed by atoms with Crippen molar-refractivity contribution in [2.75, 3.05) is 13.1 Å². The second-order valence-electron chi connectivity index (χ2n) is 4.51. The number of nitrogens with zero attached hydrogens (tertiary/aromatic N) is 1. The average Bonchev–Trinajstić information content (AvgIpc) is 3.04. The number of hydrogen-bond donors (Lipinski definition) is 2. The molecule has 0 radical (unpaired) electrons. The van der Waals surface area contributed by atoms with Gasteiger partial charge in [0.25, 0.3) is 5.91 Å². The Morgan fingerprint density at radius 2 is 2.35 bits per heavy atom. The van der Waals surface area contributed by atoms with Crippen molar-refractivity contribution < 1.29 is 4.79 Å². The van der Waals surface area contributed by atoms with Gasteiger partial charge in [0.05, 0.1) is 4.88 Å². The van der Waals surface area contributed by atoms with E-state index < -0.39 is 0 Å². The molecule has 1 fully saturated rings. The molecule has 4 nitrogen and oxygen atoms in total. The van der Waals surface area contributed by atoms with E-state index in [-0.39, 0.29) is 5.91 Å². The van der Waals surface area contributed by atoms with Crippen LogP contribution in [0.25, 0.3) is 0 Å². The lowest BCUT2D eigenvalue weighted by Gasteiger charge is -2.18. The highest BCUT2D eigenvalue weighted by molar-refractivity contribution is 7.14. The van der Waals surface area contributed by atoms with Crippen LogP contribution < -0.4 is 11.3 Å². The van der Waals surface area contributed by atoms with Gasteiger partial charge in [-0.1, -0.05) is 6.92 Å². The third-order valence-electron chi connectivity index (χ3n) is 3.06. The van der Waals surface area contributed by atoms with E-state index in [9.17, 15) is 4.79 Å². The van der Waals surface area contributed by atoms with Crippen LogP contribution in [0.2, 0.25) is 0 Å². The molecule has 2 rings (SSSR count). The third-order valence-corrected chi connectivity index (χ3v) is 4.13. The first-order valence-corrected chi connectivity index (χ1v) is 6.86. The van der Waals surface area contributed by atoms with Crippen LogP contribution in [-0.2, 0) is 6.54 Å². The first-order valence-electron chi connectivity index (χ1n) is 6.05. The Hall–Kier alpha value is -0.910. The van der Waals surface area contributed by atoms with Gasteiger partial charge in [0.2, 0.25) is 0 Å². The SMILES string of the molecule is CCN(Cc1ccc(C(=O)NN)s1)CC1CC1. The molecule has 1 aromatic heterocycles. The van der Waals surface area contributed by atoms with Crippen LogP contribution in [-0.4, -0.2) is 23.9 Å². The fourth-order valence-electron chi connectivity index (χ4n) is 1.85. The number of nitrogens with two attached hydrogens (primary N) is 1. The molecule has 1 aliphatic rings. The van der Waals surface area contributed by atoms with Gasteiger partial charge < -0.3 is 0 Å². The Morgan fingerprint density at radius 3 is 2.94 bits per heavy atom. The number of nitrogen functional groups attached to an aromatic ring is 1. The summed E-state index contributed by atoms with van der Waals surface area (Å²) in [5.74, 6) is 5.81. The van der Waals surface area contributed by atoms with Gasteiger partial charge in [-0.15, -0.1) is 11.3 Å². The minimum absolute atomic E-state index is 0.202. The highest BCUT2D eigenvalue weighted by atomic mass is 32.1. The first kappa shape index (κ1) is 12.5. The summed E-state index contributed by atoms with van der Waals surface area (Å²) in [7, 11) is 0. The number of hydrazine groups is 1. The molecule has 1 aromatic rings. The topological polar surface area (TPSA) is 58.4 Å². The highest BCUT2D eigenvalue weighted by Crippen LogP contribution is 2.30. The van der Waals surface area contributed by atoms with Gasteiger partial charge in [-0.3, -0.25) is 15.1 Å². The summed E-state index contributed by atoms with van der Waals surface area (Å²) in [6, 6.07) is 3.86. The summed E-state index contributed by atoms with van der Waals surface area (Å²) in [4.78, 5) is 15.7. The number of amides is 1. The lowest BCUT2D eigenvalue weighted by atomic mass is 10.3. The van der Waals surface area contributed by atoms with E-state index in [1.165, 1.54) is 35.6 Å². The molecule has 1 amide bonds. The second kappa shape index (κ2) is 5.62. The maximum atomic E-state index is 11.3. The molecule has 5 heteroatoms. The van der Waals surface area contributed by atoms with Crippen molar-refractivity contribution in [3.63, 3.8) is 0 Å². The molecule has 0 saturated heterocycles. The van der Waals surface area contributed by atoms with Crippen LogP contribution in [0.5, 0.6) is 0 Å². The number of hydrogen-bond acceptors (Lipinski definition) is 4. The first-order chi connectivity index (χ1) is 8.22. The van der Waals surface area contributed by atoms with E-state index >= 15 is 0 Å². The van der Waals surface area contributed by atoms with Crippen LogP contribution in [0.4, 0.5) is 0 Å². The van der Waals surface area contributed by atoms with Crippen molar-refractivity contribution in [2.24, 2.45) is 11.8 Å². The number of carbonyl (C=O) groups excluding carboxylic acids is 1. The maximum absolute atomic E-state index is 11.3. The monoisotopic (exact) mass is 253 g/mol. The molecule has 0 bridgehead atoms. The Balaban J connectivity index is 1.92. The van der Waals surface area contributed by atoms with Crippen molar-refractivity contribution in [3.8, 4) is 0 Å². The molecular weight excluding hydrogens is 234 g/mol. The minimum Gasteiger partial charge on any atom is -0.298 e. The van der Waals surface area contributed by atoms with Crippen LogP contribution in [0.3, 0.4) is 0 Å². The number of rotatable bonds is 6. The molecule has 17 heavy (non-hydrogen) atoms. The Labute approximate surface area is 106 Å². The van der Waals surface area contributed by atoms with E-state index in [1.54, 1.807) is 0 Å². The van der Waals surface area contributed by atoms with Crippen LogP contribution in [0.1, 0.15) is 34.3 Å². The molecule has 1 saturated carbocycles. The summed E-state index contributed by atoms with van der Waals surface area (Å²) in [6.07, 6.45) is 2.75. The largest absolute Gasteiger partial charge is 0.298 e. The molecule has 0 atom stereocenters. The molecule has 0 spiro atoms. The Morgan fingerprint density at radius 1 is 1.59 bits per heavy atom. The van der Waals surface area contributed by atoms with Crippen molar-refractivity contribution in [1.29, 1.82) is 0 Å². The van der Waals surface area contributed by atoms with E-state index in [0.29, 0.717) is 4.88 Å². The third kappa shape index (κ3) is 3.52. The molecule has 1 heterocycles. The zero-order chi connectivity index (χ0) is 12.3. The van der Waals surface area contributed by atoms with E-state index in [1.807, 2.05) is 12.1 Å². The lowest BCUT2D eigenvalue weighted by molar-refractivity contribution is 0.0957. The van der Waals surface area contributed by atoms with Gasteiger partial charge in [0.1, 0.15) is 0 Å². The average molecular weight is 253 g/mol. The standard InChI is InChI=1S/C12H19N3OS/c1-2-15(7-9-3-4-9)8-10-5-6-11(17-10)12(16)14-13/h5-6,9H,2-4,7-8,13H2,1H3,(H,14,16). The summed E-state index contributed by atoms with van der Waals surface area (Å²) in [5, 5.41) is 0. The van der Waals surface area contributed by atoms with Gasteiger partial charge in [-0.2, -0.15) is 0 Å². The van der Waals surface area contributed by atoms with E-state index in [4.69, 9.17) is 5.84 Å². The fourth-order valence-corrected chi connectivity index (χ4v) is 2.80. The van der Waals surface area contributed by atoms with Crippen molar-refractivity contribution >= 4 is 17.2 Å². The summed E-state index contributed by atoms with van der Waals surface area (Å²) in [5.41, 5.74) is 2.16. The molecule has 1 aliphatic carbocycles. The Bertz CT molecular complexity index is 387. The number of thiophene rings is 1. The van der Waals surface area contributed by atoms with Crippen molar-refractivity contribution in [3.05, 3.63) is 21.9 Å². The van der Waals surface area contributed by atoms with E-state index in [0.717, 1.165) is 19.0 Å². The zero-order valence-electron chi connectivity index (χ0n) is 10.1. The molecule has 94 valence electrons. The van der Waals surface area contributed by atoms with Gasteiger partial charge >= 0.3 is 0 Å². The fraction of sp³-hybridized carbons (Fsp3) is 0.583. The summed E-state index contributed by atoms with van der Waals surface area (Å²) < 4.78 is 0. The van der Waals surface area contributed by atoms with Crippen molar-refractivity contribution in [2.45, 2.75) is 26.3 Å². The maximum Gasteiger partial charge on any atom is 0.275 e. The Kier molecular flexibility index (Phi) is 4.15. The zero-order valence-corrected chi connectivity index (χ0v) is 10.9. The second-order valence-corrected chi connectivity index (χ2v) is 5.68. The van der Waals surface area contributed by atoms with Crippen LogP contribution in [0.15, 0.2) is 12.1 Å². The molecular formula is C12H19N3OS. The number of carbonyl (C=O) groups is 1. The lowest BCUT2D eigenvalue weighted by Crippen LogP contribution is -2.29. The van der Waals surface area contributed by atoms with Gasteiger partial charge in [0, 0.05) is 18.0 Å². The normalized spacial score (nSPS) is 15.2. The van der Waals surface area contributed by atoms with Crippen LogP contribution in [0, 0.1) is 5.92 Å². The summed E-state index contributed by atoms with van der Waals surface area (Å²) in [6.45, 7) is 5.37. The summed E-state index contributed by atoms with van der Waals surface area (Å²) >= 11 is 1.52. The minimum atomic E-state index is -0.202. The number of nitrogens with one attached hydrogen (secondary N) is 1. The predicted molar refractivity (Wildman–Crippen MR) is 69.6 cm³/mol. The highest BCUT2D eigenvalue weighted by Gasteiger charge is 2.23. The van der Waals surface area contributed by atoms with Gasteiger partial charge in [-0.05, 0) is 37.4 Å². The molecule has 0 unspecified atom stereocenters. The van der Waals surface area contributed by atoms with Gasteiger partial charge in [0.15, 0.2) is 0 Å². The smallest absolute Gasteiger partial charge is 0.275 e. The van der Waals surface area contributed by atoms with Crippen molar-refractivity contribution in [1.82, 2.24) is 10.3 Å². The molecule has 0 aromatic carbocycles. The molecule has 0 aliphatic heterocycles. The predicted octanol–water partition coefficient (Wildman–Crippen LogP) is 1.58. The van der Waals surface area contributed by atoms with E-state index in [2.05, 4.69) is 17.2 Å². The van der Waals surface area contributed by atoms with Crippen LogP contribution >= 0.6 is 11.3 Å². The van der Waals surface area contributed by atoms with Gasteiger partial charge in [-0.25, -0.2) is 5.84 Å².